The van der Waals surface area contributed by atoms with E-state index in [1.165, 1.54) is 5.56 Å². The lowest BCUT2D eigenvalue weighted by molar-refractivity contribution is -0.120. The highest BCUT2D eigenvalue weighted by molar-refractivity contribution is 6.30. The first-order valence-corrected chi connectivity index (χ1v) is 9.34. The standard InChI is InChI=1S/C21H25ClN2O2/c1-26-21-8-4-17(5-9-21)14-20(25)16-24-12-10-23(11-13-24)15-18-2-6-19(22)7-3-18/h2-9H,10-16H2,1H3. The number of methoxy groups -OCH3 is 1. The Morgan fingerprint density at radius 3 is 2.12 bits per heavy atom. The Balaban J connectivity index is 1.41. The topological polar surface area (TPSA) is 32.8 Å². The second-order valence-electron chi connectivity index (χ2n) is 6.74. The van der Waals surface area contributed by atoms with Crippen LogP contribution in [-0.2, 0) is 17.8 Å². The average molecular weight is 373 g/mol. The first-order chi connectivity index (χ1) is 12.6. The van der Waals surface area contributed by atoms with Gasteiger partial charge in [-0.05, 0) is 35.4 Å². The van der Waals surface area contributed by atoms with Crippen molar-refractivity contribution in [2.75, 3.05) is 39.8 Å². The van der Waals surface area contributed by atoms with Crippen molar-refractivity contribution in [3.63, 3.8) is 0 Å². The van der Waals surface area contributed by atoms with Gasteiger partial charge in [-0.1, -0.05) is 35.9 Å². The maximum Gasteiger partial charge on any atom is 0.151 e. The zero-order chi connectivity index (χ0) is 18.4. The largest absolute Gasteiger partial charge is 0.497 e. The predicted molar refractivity (Wildman–Crippen MR) is 105 cm³/mol. The molecule has 1 fully saturated rings. The summed E-state index contributed by atoms with van der Waals surface area (Å²) in [5.74, 6) is 1.08. The average Bonchev–Trinajstić information content (AvgIpc) is 2.66. The van der Waals surface area contributed by atoms with E-state index in [2.05, 4.69) is 21.9 Å². The highest BCUT2D eigenvalue weighted by Crippen LogP contribution is 2.14. The molecule has 5 heteroatoms. The fraction of sp³-hybridized carbons (Fsp3) is 0.381. The molecule has 1 heterocycles. The molecule has 0 aromatic heterocycles. The van der Waals surface area contributed by atoms with Crippen LogP contribution in [0.15, 0.2) is 48.5 Å². The molecule has 0 amide bonds. The zero-order valence-corrected chi connectivity index (χ0v) is 15.9. The maximum absolute atomic E-state index is 12.3. The summed E-state index contributed by atoms with van der Waals surface area (Å²) in [6.45, 7) is 5.30. The number of rotatable bonds is 7. The van der Waals surface area contributed by atoms with Gasteiger partial charge < -0.3 is 4.74 Å². The second kappa shape index (κ2) is 9.17. The van der Waals surface area contributed by atoms with Crippen molar-refractivity contribution in [3.05, 3.63) is 64.7 Å². The molecule has 138 valence electrons. The van der Waals surface area contributed by atoms with Crippen LogP contribution in [0.5, 0.6) is 5.75 Å². The fourth-order valence-electron chi connectivity index (χ4n) is 3.23. The van der Waals surface area contributed by atoms with Crippen molar-refractivity contribution >= 4 is 17.4 Å². The molecular weight excluding hydrogens is 348 g/mol. The first-order valence-electron chi connectivity index (χ1n) is 8.96. The van der Waals surface area contributed by atoms with Gasteiger partial charge in [-0.3, -0.25) is 14.6 Å². The van der Waals surface area contributed by atoms with Crippen molar-refractivity contribution in [2.24, 2.45) is 0 Å². The third-order valence-electron chi connectivity index (χ3n) is 4.74. The molecule has 2 aromatic carbocycles. The number of Topliss-reactive ketones (excluding diaryl/α,β-unsaturated/α-hetero) is 1. The molecule has 0 saturated carbocycles. The van der Waals surface area contributed by atoms with Crippen LogP contribution in [0.2, 0.25) is 5.02 Å². The van der Waals surface area contributed by atoms with Crippen LogP contribution in [-0.4, -0.2) is 55.4 Å². The Morgan fingerprint density at radius 1 is 0.923 bits per heavy atom. The molecule has 0 bridgehead atoms. The van der Waals surface area contributed by atoms with Crippen LogP contribution in [0.1, 0.15) is 11.1 Å². The summed E-state index contributed by atoms with van der Waals surface area (Å²) in [6.07, 6.45) is 0.481. The van der Waals surface area contributed by atoms with Gasteiger partial charge in [-0.2, -0.15) is 0 Å². The number of hydrogen-bond acceptors (Lipinski definition) is 4. The predicted octanol–water partition coefficient (Wildman–Crippen LogP) is 3.28. The van der Waals surface area contributed by atoms with Crippen molar-refractivity contribution in [1.82, 2.24) is 9.80 Å². The van der Waals surface area contributed by atoms with Crippen molar-refractivity contribution in [2.45, 2.75) is 13.0 Å². The molecule has 1 aliphatic heterocycles. The summed E-state index contributed by atoms with van der Waals surface area (Å²) < 4.78 is 5.15. The first kappa shape index (κ1) is 18.9. The molecule has 0 aliphatic carbocycles. The lowest BCUT2D eigenvalue weighted by Crippen LogP contribution is -2.47. The van der Waals surface area contributed by atoms with Gasteiger partial charge in [0.15, 0.2) is 5.78 Å². The Labute approximate surface area is 160 Å². The van der Waals surface area contributed by atoms with Crippen LogP contribution < -0.4 is 4.74 Å². The number of benzene rings is 2. The molecule has 0 radical (unpaired) electrons. The third kappa shape index (κ3) is 5.56. The maximum atomic E-state index is 12.3. The number of nitrogens with zero attached hydrogens (tertiary/aromatic N) is 2. The molecule has 0 N–H and O–H groups in total. The molecular formula is C21H25ClN2O2. The number of hydrogen-bond donors (Lipinski definition) is 0. The summed E-state index contributed by atoms with van der Waals surface area (Å²) in [5, 5.41) is 0.772. The van der Waals surface area contributed by atoms with E-state index in [-0.39, 0.29) is 5.78 Å². The van der Waals surface area contributed by atoms with Crippen LogP contribution in [0.25, 0.3) is 0 Å². The number of ketones is 1. The van der Waals surface area contributed by atoms with Gasteiger partial charge in [0.05, 0.1) is 13.7 Å². The van der Waals surface area contributed by atoms with Gasteiger partial charge in [-0.25, -0.2) is 0 Å². The van der Waals surface area contributed by atoms with E-state index < -0.39 is 0 Å². The number of piperazine rings is 1. The Morgan fingerprint density at radius 2 is 1.50 bits per heavy atom. The summed E-state index contributed by atoms with van der Waals surface area (Å²) in [5.41, 5.74) is 2.32. The lowest BCUT2D eigenvalue weighted by atomic mass is 10.1. The van der Waals surface area contributed by atoms with Crippen molar-refractivity contribution in [3.8, 4) is 5.75 Å². The van der Waals surface area contributed by atoms with Crippen LogP contribution in [0.4, 0.5) is 0 Å². The van der Waals surface area contributed by atoms with E-state index in [9.17, 15) is 4.79 Å². The number of carbonyl (C=O) groups excluding carboxylic acids is 1. The monoisotopic (exact) mass is 372 g/mol. The quantitative estimate of drug-likeness (QED) is 0.746. The molecule has 0 unspecified atom stereocenters. The Kier molecular flexibility index (Phi) is 6.67. The SMILES string of the molecule is COc1ccc(CC(=O)CN2CCN(Cc3ccc(Cl)cc3)CC2)cc1. The van der Waals surface area contributed by atoms with E-state index in [1.54, 1.807) is 7.11 Å². The summed E-state index contributed by atoms with van der Waals surface area (Å²) in [6, 6.07) is 15.7. The van der Waals surface area contributed by atoms with Gasteiger partial charge in [0.1, 0.15) is 5.75 Å². The smallest absolute Gasteiger partial charge is 0.151 e. The van der Waals surface area contributed by atoms with Crippen molar-refractivity contribution < 1.29 is 9.53 Å². The molecule has 0 spiro atoms. The molecule has 26 heavy (non-hydrogen) atoms. The minimum absolute atomic E-state index is 0.265. The van der Waals surface area contributed by atoms with Gasteiger partial charge in [0.25, 0.3) is 0 Å². The minimum atomic E-state index is 0.265. The third-order valence-corrected chi connectivity index (χ3v) is 5.00. The molecule has 4 nitrogen and oxygen atoms in total. The number of ether oxygens (including phenoxy) is 1. The van der Waals surface area contributed by atoms with Crippen molar-refractivity contribution in [1.29, 1.82) is 0 Å². The summed E-state index contributed by atoms with van der Waals surface area (Å²) >= 11 is 5.94. The second-order valence-corrected chi connectivity index (χ2v) is 7.18. The van der Waals surface area contributed by atoms with Gasteiger partial charge in [-0.15, -0.1) is 0 Å². The highest BCUT2D eigenvalue weighted by atomic mass is 35.5. The molecule has 0 atom stereocenters. The van der Waals surface area contributed by atoms with E-state index in [4.69, 9.17) is 16.3 Å². The number of carbonyl (C=O) groups is 1. The summed E-state index contributed by atoms with van der Waals surface area (Å²) in [4.78, 5) is 17.0. The van der Waals surface area contributed by atoms with Crippen LogP contribution >= 0.6 is 11.6 Å². The molecule has 1 aliphatic rings. The van der Waals surface area contributed by atoms with E-state index in [1.807, 2.05) is 36.4 Å². The fourth-order valence-corrected chi connectivity index (χ4v) is 3.36. The van der Waals surface area contributed by atoms with E-state index in [0.29, 0.717) is 13.0 Å². The lowest BCUT2D eigenvalue weighted by Gasteiger charge is -2.34. The van der Waals surface area contributed by atoms with E-state index in [0.717, 1.165) is 49.1 Å². The van der Waals surface area contributed by atoms with Gasteiger partial charge in [0.2, 0.25) is 0 Å². The minimum Gasteiger partial charge on any atom is -0.497 e. The molecule has 3 rings (SSSR count). The zero-order valence-electron chi connectivity index (χ0n) is 15.2. The van der Waals surface area contributed by atoms with Crippen LogP contribution in [0.3, 0.4) is 0 Å². The van der Waals surface area contributed by atoms with Gasteiger partial charge in [0, 0.05) is 44.2 Å². The Bertz CT molecular complexity index is 708. The molecule has 1 saturated heterocycles. The summed E-state index contributed by atoms with van der Waals surface area (Å²) in [7, 11) is 1.65. The molecule has 2 aromatic rings. The van der Waals surface area contributed by atoms with E-state index >= 15 is 0 Å². The van der Waals surface area contributed by atoms with Gasteiger partial charge >= 0.3 is 0 Å². The normalized spacial score (nSPS) is 15.8. The highest BCUT2D eigenvalue weighted by Gasteiger charge is 2.19. The number of halogens is 1. The van der Waals surface area contributed by atoms with Crippen LogP contribution in [0, 0.1) is 0 Å². The Hall–Kier alpha value is -1.88.